The van der Waals surface area contributed by atoms with E-state index in [9.17, 15) is 14.4 Å². The average molecular weight is 370 g/mol. The molecule has 0 saturated carbocycles. The minimum Gasteiger partial charge on any atom is -0.299 e. The number of benzene rings is 1. The quantitative estimate of drug-likeness (QED) is 0.680. The minimum absolute atomic E-state index is 0.313. The van der Waals surface area contributed by atoms with Crippen molar-refractivity contribution in [2.45, 2.75) is 19.8 Å². The maximum absolute atomic E-state index is 12.3. The van der Waals surface area contributed by atoms with Crippen LogP contribution in [0, 0.1) is 0 Å². The number of hydrogen-bond acceptors (Lipinski definition) is 7. The molecule has 4 rings (SSSR count). The molecule has 3 amide bonds. The smallest absolute Gasteiger partial charge is 0.262 e. The third-order valence-corrected chi connectivity index (χ3v) is 4.77. The van der Waals surface area contributed by atoms with Crippen molar-refractivity contribution in [1.82, 2.24) is 24.7 Å². The van der Waals surface area contributed by atoms with E-state index < -0.39 is 17.7 Å². The summed E-state index contributed by atoms with van der Waals surface area (Å²) in [5, 5.41) is 15.3. The van der Waals surface area contributed by atoms with Gasteiger partial charge in [-0.05, 0) is 18.6 Å². The summed E-state index contributed by atoms with van der Waals surface area (Å²) in [6.07, 6.45) is 1.63. The van der Waals surface area contributed by atoms with Crippen molar-refractivity contribution >= 4 is 39.2 Å². The van der Waals surface area contributed by atoms with Crippen LogP contribution in [0.1, 0.15) is 39.9 Å². The molecule has 0 fully saturated rings. The molecule has 3 heterocycles. The van der Waals surface area contributed by atoms with Crippen LogP contribution in [0.5, 0.6) is 0 Å². The average Bonchev–Trinajstić information content (AvgIpc) is 3.26. The Morgan fingerprint density at radius 2 is 1.85 bits per heavy atom. The Hall–Kier alpha value is -3.14. The molecule has 0 bridgehead atoms. The molecule has 3 aromatic rings. The summed E-state index contributed by atoms with van der Waals surface area (Å²) < 4.78 is 1.59. The molecule has 0 unspecified atom stereocenters. The standard InChI is InChI=1S/C16H14N6O3S/c1-2-5-11-18-19-16-22(11)20-15(26-16)17-12(23)8-21-13(24)9-6-3-4-7-10(9)14(21)25/h3-4,6-7H,2,5,8H2,1H3,(H,17,20,23). The molecule has 26 heavy (non-hydrogen) atoms. The van der Waals surface area contributed by atoms with Crippen molar-refractivity contribution in [3.05, 3.63) is 41.2 Å². The summed E-state index contributed by atoms with van der Waals surface area (Å²) in [4.78, 5) is 38.4. The van der Waals surface area contributed by atoms with Gasteiger partial charge in [0.15, 0.2) is 5.82 Å². The molecule has 0 radical (unpaired) electrons. The molecule has 1 aliphatic rings. The zero-order valence-electron chi connectivity index (χ0n) is 13.8. The number of fused-ring (bicyclic) bond motifs is 2. The van der Waals surface area contributed by atoms with Gasteiger partial charge in [0.1, 0.15) is 6.54 Å². The van der Waals surface area contributed by atoms with Gasteiger partial charge in [0.05, 0.1) is 11.1 Å². The number of rotatable bonds is 5. The molecule has 0 aliphatic carbocycles. The van der Waals surface area contributed by atoms with E-state index in [1.165, 1.54) is 11.3 Å². The third-order valence-electron chi connectivity index (χ3n) is 3.96. The number of carbonyl (C=O) groups excluding carboxylic acids is 3. The van der Waals surface area contributed by atoms with Crippen molar-refractivity contribution in [3.63, 3.8) is 0 Å². The number of imide groups is 1. The Morgan fingerprint density at radius 3 is 2.50 bits per heavy atom. The second kappa shape index (κ2) is 6.30. The second-order valence-electron chi connectivity index (χ2n) is 5.76. The van der Waals surface area contributed by atoms with E-state index >= 15 is 0 Å². The summed E-state index contributed by atoms with van der Waals surface area (Å²) in [7, 11) is 0. The van der Waals surface area contributed by atoms with E-state index in [4.69, 9.17) is 0 Å². The van der Waals surface area contributed by atoms with Gasteiger partial charge >= 0.3 is 0 Å². The predicted octanol–water partition coefficient (Wildman–Crippen LogP) is 1.37. The van der Waals surface area contributed by atoms with E-state index in [0.29, 0.717) is 21.2 Å². The number of carbonyl (C=O) groups is 3. The normalized spacial score (nSPS) is 13.5. The highest BCUT2D eigenvalue weighted by Gasteiger charge is 2.36. The number of amides is 3. The first-order valence-corrected chi connectivity index (χ1v) is 8.86. The van der Waals surface area contributed by atoms with Crippen LogP contribution in [0.15, 0.2) is 24.3 Å². The lowest BCUT2D eigenvalue weighted by Crippen LogP contribution is -2.37. The van der Waals surface area contributed by atoms with Crippen LogP contribution in [0.3, 0.4) is 0 Å². The zero-order valence-corrected chi connectivity index (χ0v) is 14.6. The number of aryl methyl sites for hydroxylation is 1. The van der Waals surface area contributed by atoms with E-state index in [-0.39, 0.29) is 6.54 Å². The Bertz CT molecular complexity index is 1000. The molecule has 0 saturated heterocycles. The molecule has 132 valence electrons. The maximum Gasteiger partial charge on any atom is 0.262 e. The number of nitrogens with zero attached hydrogens (tertiary/aromatic N) is 5. The van der Waals surface area contributed by atoms with E-state index in [1.54, 1.807) is 28.8 Å². The summed E-state index contributed by atoms with van der Waals surface area (Å²) in [6, 6.07) is 6.51. The number of aromatic nitrogens is 4. The first-order valence-electron chi connectivity index (χ1n) is 8.04. The first kappa shape index (κ1) is 16.3. The molecule has 9 nitrogen and oxygen atoms in total. The number of anilines is 1. The zero-order chi connectivity index (χ0) is 18.3. The Kier molecular flexibility index (Phi) is 3.96. The van der Waals surface area contributed by atoms with Gasteiger partial charge in [0.25, 0.3) is 11.8 Å². The summed E-state index contributed by atoms with van der Waals surface area (Å²) >= 11 is 1.18. The van der Waals surface area contributed by atoms with Gasteiger partial charge in [-0.15, -0.1) is 15.3 Å². The summed E-state index contributed by atoms with van der Waals surface area (Å²) in [5.74, 6) is -0.714. The lowest BCUT2D eigenvalue weighted by atomic mass is 10.1. The molecule has 0 atom stereocenters. The van der Waals surface area contributed by atoms with Crippen LogP contribution in [0.25, 0.3) is 4.96 Å². The van der Waals surface area contributed by atoms with Gasteiger partial charge in [0.2, 0.25) is 16.0 Å². The van der Waals surface area contributed by atoms with E-state index in [0.717, 1.165) is 23.6 Å². The Morgan fingerprint density at radius 1 is 1.15 bits per heavy atom. The molecule has 1 aliphatic heterocycles. The van der Waals surface area contributed by atoms with Gasteiger partial charge in [0, 0.05) is 6.42 Å². The molecule has 1 N–H and O–H groups in total. The lowest BCUT2D eigenvalue weighted by Gasteiger charge is -2.12. The van der Waals surface area contributed by atoms with Crippen LogP contribution in [-0.4, -0.2) is 49.0 Å². The predicted molar refractivity (Wildman–Crippen MR) is 93.1 cm³/mol. The Balaban J connectivity index is 1.48. The van der Waals surface area contributed by atoms with Crippen molar-refractivity contribution in [2.75, 3.05) is 11.9 Å². The van der Waals surface area contributed by atoms with Gasteiger partial charge in [-0.25, -0.2) is 0 Å². The van der Waals surface area contributed by atoms with E-state index in [1.807, 2.05) is 6.92 Å². The van der Waals surface area contributed by atoms with Crippen molar-refractivity contribution in [3.8, 4) is 0 Å². The fraction of sp³-hybridized carbons (Fsp3) is 0.250. The largest absolute Gasteiger partial charge is 0.299 e. The fourth-order valence-electron chi connectivity index (χ4n) is 2.77. The van der Waals surface area contributed by atoms with Crippen molar-refractivity contribution in [2.24, 2.45) is 0 Å². The van der Waals surface area contributed by atoms with Crippen LogP contribution in [0.2, 0.25) is 0 Å². The van der Waals surface area contributed by atoms with Gasteiger partial charge in [-0.3, -0.25) is 24.6 Å². The van der Waals surface area contributed by atoms with Crippen molar-refractivity contribution in [1.29, 1.82) is 0 Å². The first-order chi connectivity index (χ1) is 12.6. The van der Waals surface area contributed by atoms with Crippen LogP contribution >= 0.6 is 11.3 Å². The van der Waals surface area contributed by atoms with Crippen LogP contribution in [0.4, 0.5) is 5.13 Å². The molecule has 0 spiro atoms. The Labute approximate surface area is 151 Å². The number of nitrogens with one attached hydrogen (secondary N) is 1. The molecular formula is C16H14N6O3S. The highest BCUT2D eigenvalue weighted by Crippen LogP contribution is 2.23. The highest BCUT2D eigenvalue weighted by atomic mass is 32.1. The highest BCUT2D eigenvalue weighted by molar-refractivity contribution is 7.20. The fourth-order valence-corrected chi connectivity index (χ4v) is 3.55. The summed E-state index contributed by atoms with van der Waals surface area (Å²) in [6.45, 7) is 1.66. The SMILES string of the molecule is CCCc1nnc2sc(NC(=O)CN3C(=O)c4ccccc4C3=O)nn12. The molecule has 1 aromatic carbocycles. The monoisotopic (exact) mass is 370 g/mol. The van der Waals surface area contributed by atoms with Gasteiger partial charge < -0.3 is 0 Å². The lowest BCUT2D eigenvalue weighted by molar-refractivity contribution is -0.116. The molecular weight excluding hydrogens is 356 g/mol. The van der Waals surface area contributed by atoms with Crippen LogP contribution < -0.4 is 5.32 Å². The molecule has 10 heteroatoms. The molecule has 2 aromatic heterocycles. The van der Waals surface area contributed by atoms with Crippen molar-refractivity contribution < 1.29 is 14.4 Å². The van der Waals surface area contributed by atoms with Crippen LogP contribution in [-0.2, 0) is 11.2 Å². The summed E-state index contributed by atoms with van der Waals surface area (Å²) in [5.41, 5.74) is 0.626. The van der Waals surface area contributed by atoms with Gasteiger partial charge in [-0.2, -0.15) is 4.52 Å². The second-order valence-corrected chi connectivity index (χ2v) is 6.71. The third kappa shape index (κ3) is 2.64. The van der Waals surface area contributed by atoms with Gasteiger partial charge in [-0.1, -0.05) is 30.4 Å². The van der Waals surface area contributed by atoms with E-state index in [2.05, 4.69) is 20.6 Å². The number of hydrogen-bond donors (Lipinski definition) is 1. The maximum atomic E-state index is 12.3. The topological polar surface area (TPSA) is 110 Å². The minimum atomic E-state index is -0.499.